The molecule has 2 atom stereocenters. The summed E-state index contributed by atoms with van der Waals surface area (Å²) in [5, 5.41) is 14.9. The first-order chi connectivity index (χ1) is 16.0. The molecule has 1 aromatic rings. The Hall–Kier alpha value is -3.14. The number of benzene rings is 1. The summed E-state index contributed by atoms with van der Waals surface area (Å²) in [5.41, 5.74) is 0.722. The predicted octanol–water partition coefficient (Wildman–Crippen LogP) is 1.59. The minimum absolute atomic E-state index is 0.267. The number of hydrogen-bond acceptors (Lipinski definition) is 7. The number of amides is 3. The van der Waals surface area contributed by atoms with E-state index in [-0.39, 0.29) is 12.6 Å². The summed E-state index contributed by atoms with van der Waals surface area (Å²) < 4.78 is 9.82. The number of nitrogens with zero attached hydrogens (tertiary/aromatic N) is 1. The highest BCUT2D eigenvalue weighted by Gasteiger charge is 2.41. The fourth-order valence-corrected chi connectivity index (χ4v) is 3.51. The molecule has 2 rings (SSSR count). The van der Waals surface area contributed by atoms with Gasteiger partial charge in [-0.2, -0.15) is 0 Å². The van der Waals surface area contributed by atoms with Gasteiger partial charge in [-0.05, 0) is 52.5 Å². The third-order valence-corrected chi connectivity index (χ3v) is 5.45. The monoisotopic (exact) mass is 477 g/mol. The minimum atomic E-state index is -1.31. The Labute approximate surface area is 200 Å². The second kappa shape index (κ2) is 11.8. The SMILES string of the molecule is COC(=O)CNC(=O)C(c1ccc(C)cc1)N(C(=O)C(CO)NC(=O)OC(C)(C)C)C1CCC1. The summed E-state index contributed by atoms with van der Waals surface area (Å²) in [4.78, 5) is 52.2. The highest BCUT2D eigenvalue weighted by molar-refractivity contribution is 5.93. The molecule has 0 bridgehead atoms. The van der Waals surface area contributed by atoms with Gasteiger partial charge >= 0.3 is 12.1 Å². The number of aryl methyl sites for hydroxylation is 1. The molecular formula is C24H35N3O7. The molecule has 1 fully saturated rings. The van der Waals surface area contributed by atoms with Gasteiger partial charge in [0.1, 0.15) is 24.2 Å². The highest BCUT2D eigenvalue weighted by atomic mass is 16.6. The lowest BCUT2D eigenvalue weighted by atomic mass is 9.88. The Kier molecular flexibility index (Phi) is 9.43. The largest absolute Gasteiger partial charge is 0.468 e. The van der Waals surface area contributed by atoms with Crippen LogP contribution in [0, 0.1) is 6.92 Å². The van der Waals surface area contributed by atoms with E-state index in [2.05, 4.69) is 15.4 Å². The van der Waals surface area contributed by atoms with Gasteiger partial charge in [-0.1, -0.05) is 29.8 Å². The number of aliphatic hydroxyl groups excluding tert-OH is 1. The fourth-order valence-electron chi connectivity index (χ4n) is 3.51. The molecule has 3 N–H and O–H groups in total. The Balaban J connectivity index is 2.39. The van der Waals surface area contributed by atoms with E-state index in [1.54, 1.807) is 32.9 Å². The zero-order chi connectivity index (χ0) is 25.5. The van der Waals surface area contributed by atoms with Crippen molar-refractivity contribution in [1.82, 2.24) is 15.5 Å². The molecule has 10 heteroatoms. The molecule has 0 aromatic heterocycles. The van der Waals surface area contributed by atoms with Crippen molar-refractivity contribution >= 4 is 23.9 Å². The standard InChI is InChI=1S/C24H35N3O7/c1-15-9-11-16(12-10-15)20(21(30)25-13-19(29)33-5)27(17-7-6-8-17)22(31)18(14-28)26-23(32)34-24(2,3)4/h9-12,17-18,20,28H,6-8,13-14H2,1-5H3,(H,25,30)(H,26,32). The van der Waals surface area contributed by atoms with E-state index in [0.29, 0.717) is 18.4 Å². The number of carbonyl (C=O) groups excluding carboxylic acids is 4. The van der Waals surface area contributed by atoms with Gasteiger partial charge in [0, 0.05) is 6.04 Å². The molecule has 0 aliphatic heterocycles. The van der Waals surface area contributed by atoms with Gasteiger partial charge in [-0.15, -0.1) is 0 Å². The lowest BCUT2D eigenvalue weighted by Crippen LogP contribution is -2.58. The van der Waals surface area contributed by atoms with Gasteiger partial charge in [0.05, 0.1) is 13.7 Å². The van der Waals surface area contributed by atoms with Crippen molar-refractivity contribution in [3.8, 4) is 0 Å². The predicted molar refractivity (Wildman–Crippen MR) is 124 cm³/mol. The summed E-state index contributed by atoms with van der Waals surface area (Å²) in [6.07, 6.45) is 1.36. The van der Waals surface area contributed by atoms with Gasteiger partial charge in [-0.25, -0.2) is 4.79 Å². The molecule has 34 heavy (non-hydrogen) atoms. The minimum Gasteiger partial charge on any atom is -0.468 e. The number of carbonyl (C=O) groups is 4. The molecule has 0 radical (unpaired) electrons. The van der Waals surface area contributed by atoms with Crippen LogP contribution in [0.2, 0.25) is 0 Å². The topological polar surface area (TPSA) is 134 Å². The molecule has 0 saturated heterocycles. The number of ether oxygens (including phenoxy) is 2. The number of esters is 1. The van der Waals surface area contributed by atoms with Crippen molar-refractivity contribution < 1.29 is 33.8 Å². The molecule has 0 heterocycles. The molecular weight excluding hydrogens is 442 g/mol. The molecule has 1 aromatic carbocycles. The Morgan fingerprint density at radius 3 is 2.24 bits per heavy atom. The van der Waals surface area contributed by atoms with Crippen LogP contribution in [-0.2, 0) is 23.9 Å². The Morgan fingerprint density at radius 2 is 1.76 bits per heavy atom. The van der Waals surface area contributed by atoms with Crippen molar-refractivity contribution in [3.05, 3.63) is 35.4 Å². The second-order valence-corrected chi connectivity index (χ2v) is 9.32. The molecule has 2 unspecified atom stereocenters. The van der Waals surface area contributed by atoms with Crippen molar-refractivity contribution in [2.75, 3.05) is 20.3 Å². The zero-order valence-corrected chi connectivity index (χ0v) is 20.4. The van der Waals surface area contributed by atoms with E-state index < -0.39 is 48.2 Å². The van der Waals surface area contributed by atoms with Gasteiger partial charge in [-0.3, -0.25) is 14.4 Å². The van der Waals surface area contributed by atoms with E-state index >= 15 is 0 Å². The van der Waals surface area contributed by atoms with Crippen molar-refractivity contribution in [3.63, 3.8) is 0 Å². The van der Waals surface area contributed by atoms with Crippen molar-refractivity contribution in [1.29, 1.82) is 0 Å². The van der Waals surface area contributed by atoms with Crippen LogP contribution in [0.15, 0.2) is 24.3 Å². The van der Waals surface area contributed by atoms with Crippen molar-refractivity contribution in [2.45, 2.75) is 70.7 Å². The normalized spacial score (nSPS) is 15.4. The molecule has 0 spiro atoms. The number of alkyl carbamates (subject to hydrolysis) is 1. The maximum atomic E-state index is 13.6. The number of aliphatic hydroxyl groups is 1. The first-order valence-electron chi connectivity index (χ1n) is 11.3. The number of methoxy groups -OCH3 is 1. The van der Waals surface area contributed by atoms with Crippen LogP contribution in [0.1, 0.15) is 57.2 Å². The summed E-state index contributed by atoms with van der Waals surface area (Å²) in [7, 11) is 1.21. The third-order valence-electron chi connectivity index (χ3n) is 5.45. The van der Waals surface area contributed by atoms with E-state index in [4.69, 9.17) is 4.74 Å². The first kappa shape index (κ1) is 27.1. The summed E-state index contributed by atoms with van der Waals surface area (Å²) in [6.45, 7) is 5.92. The number of rotatable bonds is 9. The smallest absolute Gasteiger partial charge is 0.408 e. The Morgan fingerprint density at radius 1 is 1.15 bits per heavy atom. The van der Waals surface area contributed by atoms with Crippen LogP contribution in [0.4, 0.5) is 4.79 Å². The molecule has 1 aliphatic rings. The van der Waals surface area contributed by atoms with Gasteiger partial charge in [0.15, 0.2) is 0 Å². The van der Waals surface area contributed by atoms with Gasteiger partial charge in [0.2, 0.25) is 11.8 Å². The van der Waals surface area contributed by atoms with Crippen LogP contribution in [0.5, 0.6) is 0 Å². The van der Waals surface area contributed by atoms with E-state index in [1.165, 1.54) is 12.0 Å². The second-order valence-electron chi connectivity index (χ2n) is 9.32. The van der Waals surface area contributed by atoms with E-state index in [0.717, 1.165) is 12.0 Å². The van der Waals surface area contributed by atoms with E-state index in [1.807, 2.05) is 19.1 Å². The average Bonchev–Trinajstić information content (AvgIpc) is 2.73. The Bertz CT molecular complexity index is 876. The quantitative estimate of drug-likeness (QED) is 0.460. The van der Waals surface area contributed by atoms with Gasteiger partial charge < -0.3 is 30.1 Å². The average molecular weight is 478 g/mol. The molecule has 1 aliphatic carbocycles. The molecule has 188 valence electrons. The van der Waals surface area contributed by atoms with E-state index in [9.17, 15) is 24.3 Å². The highest BCUT2D eigenvalue weighted by Crippen LogP contribution is 2.33. The summed E-state index contributed by atoms with van der Waals surface area (Å²) >= 11 is 0. The molecule has 1 saturated carbocycles. The third kappa shape index (κ3) is 7.44. The van der Waals surface area contributed by atoms with Crippen LogP contribution in [0.25, 0.3) is 0 Å². The number of nitrogens with one attached hydrogen (secondary N) is 2. The maximum absolute atomic E-state index is 13.6. The summed E-state index contributed by atoms with van der Waals surface area (Å²) in [6, 6.07) is 4.48. The molecule has 10 nitrogen and oxygen atoms in total. The lowest BCUT2D eigenvalue weighted by molar-refractivity contribution is -0.149. The fraction of sp³-hybridized carbons (Fsp3) is 0.583. The number of hydrogen-bond donors (Lipinski definition) is 3. The molecule has 3 amide bonds. The zero-order valence-electron chi connectivity index (χ0n) is 20.4. The van der Waals surface area contributed by atoms with Crippen molar-refractivity contribution in [2.24, 2.45) is 0 Å². The van der Waals surface area contributed by atoms with Gasteiger partial charge in [0.25, 0.3) is 0 Å². The summed E-state index contributed by atoms with van der Waals surface area (Å²) in [5.74, 6) is -1.81. The lowest BCUT2D eigenvalue weighted by Gasteiger charge is -2.43. The maximum Gasteiger partial charge on any atom is 0.408 e. The van der Waals surface area contributed by atoms with Crippen LogP contribution in [-0.4, -0.2) is 71.8 Å². The van der Waals surface area contributed by atoms with Crippen LogP contribution in [0.3, 0.4) is 0 Å². The van der Waals surface area contributed by atoms with Crippen LogP contribution >= 0.6 is 0 Å². The first-order valence-corrected chi connectivity index (χ1v) is 11.3. The van der Waals surface area contributed by atoms with Crippen LogP contribution < -0.4 is 10.6 Å².